The summed E-state index contributed by atoms with van der Waals surface area (Å²) in [4.78, 5) is 25.0. The first-order valence-electron chi connectivity index (χ1n) is 12.6. The zero-order valence-corrected chi connectivity index (χ0v) is 24.9. The Morgan fingerprint density at radius 3 is 1.66 bits per heavy atom. The molecule has 0 atom stereocenters. The van der Waals surface area contributed by atoms with Crippen molar-refractivity contribution in [3.8, 4) is 11.5 Å². The standard InChI is InChI=1S/C32H36Cl2O4/c1-30(2,3)28(35)17-20-9-11-21(12-10-20)29(36)37-26-15-13-22(18-24(26)33)32(7,8)23-14-16-27(25(34)19-23)38-31(4,5)6/h9-16,18-19H,17H2,1-8H3. The fourth-order valence-electron chi connectivity index (χ4n) is 3.81. The van der Waals surface area contributed by atoms with E-state index in [-0.39, 0.29) is 17.1 Å². The maximum atomic E-state index is 12.8. The Morgan fingerprint density at radius 1 is 0.711 bits per heavy atom. The summed E-state index contributed by atoms with van der Waals surface area (Å²) < 4.78 is 11.5. The van der Waals surface area contributed by atoms with Crippen LogP contribution in [0.5, 0.6) is 11.5 Å². The van der Waals surface area contributed by atoms with Crippen LogP contribution in [-0.2, 0) is 16.6 Å². The molecule has 0 radical (unpaired) electrons. The minimum atomic E-state index is -0.520. The average Bonchev–Trinajstić information content (AvgIpc) is 2.80. The molecule has 0 heterocycles. The van der Waals surface area contributed by atoms with Crippen molar-refractivity contribution in [3.05, 3.63) is 93.0 Å². The number of hydrogen-bond acceptors (Lipinski definition) is 4. The highest BCUT2D eigenvalue weighted by Crippen LogP contribution is 2.39. The Balaban J connectivity index is 1.74. The molecule has 38 heavy (non-hydrogen) atoms. The third kappa shape index (κ3) is 7.39. The van der Waals surface area contributed by atoms with Crippen molar-refractivity contribution in [2.75, 3.05) is 0 Å². The molecule has 3 rings (SSSR count). The van der Waals surface area contributed by atoms with Crippen molar-refractivity contribution in [2.45, 2.75) is 72.8 Å². The predicted molar refractivity (Wildman–Crippen MR) is 155 cm³/mol. The van der Waals surface area contributed by atoms with Gasteiger partial charge in [-0.3, -0.25) is 4.79 Å². The number of benzene rings is 3. The molecule has 0 spiro atoms. The summed E-state index contributed by atoms with van der Waals surface area (Å²) in [6.07, 6.45) is 0.319. The lowest BCUT2D eigenvalue weighted by Crippen LogP contribution is -2.23. The van der Waals surface area contributed by atoms with Gasteiger partial charge in [0, 0.05) is 17.3 Å². The van der Waals surface area contributed by atoms with Gasteiger partial charge in [-0.1, -0.05) is 82.1 Å². The third-order valence-electron chi connectivity index (χ3n) is 6.32. The van der Waals surface area contributed by atoms with Gasteiger partial charge < -0.3 is 9.47 Å². The molecule has 0 aliphatic rings. The van der Waals surface area contributed by atoms with Crippen LogP contribution in [0.2, 0.25) is 10.0 Å². The van der Waals surface area contributed by atoms with Crippen molar-refractivity contribution in [3.63, 3.8) is 0 Å². The smallest absolute Gasteiger partial charge is 0.343 e. The van der Waals surface area contributed by atoms with Gasteiger partial charge in [0.25, 0.3) is 0 Å². The molecular weight excluding hydrogens is 519 g/mol. The van der Waals surface area contributed by atoms with Gasteiger partial charge in [-0.25, -0.2) is 4.79 Å². The van der Waals surface area contributed by atoms with Crippen molar-refractivity contribution in [1.82, 2.24) is 0 Å². The summed E-state index contributed by atoms with van der Waals surface area (Å²) in [7, 11) is 0. The summed E-state index contributed by atoms with van der Waals surface area (Å²) >= 11 is 13.1. The van der Waals surface area contributed by atoms with Crippen LogP contribution in [0.4, 0.5) is 0 Å². The first-order valence-corrected chi connectivity index (χ1v) is 13.4. The van der Waals surface area contributed by atoms with Crippen LogP contribution in [-0.4, -0.2) is 17.4 Å². The third-order valence-corrected chi connectivity index (χ3v) is 6.91. The van der Waals surface area contributed by atoms with Gasteiger partial charge in [0.2, 0.25) is 0 Å². The monoisotopic (exact) mass is 554 g/mol. The number of halogens is 2. The average molecular weight is 556 g/mol. The molecule has 0 aliphatic carbocycles. The van der Waals surface area contributed by atoms with E-state index >= 15 is 0 Å². The van der Waals surface area contributed by atoms with Crippen LogP contribution in [0, 0.1) is 5.41 Å². The molecule has 202 valence electrons. The Hall–Kier alpha value is -2.82. The van der Waals surface area contributed by atoms with E-state index in [0.717, 1.165) is 16.7 Å². The molecule has 0 fully saturated rings. The minimum Gasteiger partial charge on any atom is -0.487 e. The number of ether oxygens (including phenoxy) is 2. The van der Waals surface area contributed by atoms with Crippen LogP contribution >= 0.6 is 23.2 Å². The quantitative estimate of drug-likeness (QED) is 0.216. The maximum absolute atomic E-state index is 12.8. The van der Waals surface area contributed by atoms with Crippen LogP contribution in [0.15, 0.2) is 60.7 Å². The first kappa shape index (κ1) is 29.7. The van der Waals surface area contributed by atoms with Gasteiger partial charge in [-0.15, -0.1) is 0 Å². The van der Waals surface area contributed by atoms with E-state index in [0.29, 0.717) is 27.8 Å². The van der Waals surface area contributed by atoms with Gasteiger partial charge in [-0.2, -0.15) is 0 Å². The Kier molecular flexibility index (Phi) is 8.70. The lowest BCUT2D eigenvalue weighted by molar-refractivity contribution is -0.125. The van der Waals surface area contributed by atoms with E-state index in [9.17, 15) is 9.59 Å². The molecule has 0 N–H and O–H groups in total. The normalized spacial score (nSPS) is 12.3. The number of rotatable bonds is 7. The van der Waals surface area contributed by atoms with Crippen LogP contribution in [0.3, 0.4) is 0 Å². The molecule has 0 saturated heterocycles. The predicted octanol–water partition coefficient (Wildman–Crippen LogP) is 8.87. The number of ketones is 1. The van der Waals surface area contributed by atoms with E-state index in [1.54, 1.807) is 36.4 Å². The summed E-state index contributed by atoms with van der Waals surface area (Å²) in [5.74, 6) is 0.524. The molecule has 0 aliphatic heterocycles. The van der Waals surface area contributed by atoms with Crippen molar-refractivity contribution in [1.29, 1.82) is 0 Å². The van der Waals surface area contributed by atoms with Gasteiger partial charge in [0.15, 0.2) is 0 Å². The molecule has 3 aromatic rings. The Bertz CT molecular complexity index is 1330. The molecule has 0 amide bonds. The van der Waals surface area contributed by atoms with E-state index in [1.165, 1.54) is 0 Å². The zero-order valence-electron chi connectivity index (χ0n) is 23.4. The molecule has 6 heteroatoms. The topological polar surface area (TPSA) is 52.6 Å². The molecule has 4 nitrogen and oxygen atoms in total. The van der Waals surface area contributed by atoms with Crippen LogP contribution in [0.25, 0.3) is 0 Å². The lowest BCUT2D eigenvalue weighted by Gasteiger charge is -2.28. The molecule has 3 aromatic carbocycles. The second-order valence-electron chi connectivity index (χ2n) is 12.1. The molecule has 0 saturated carbocycles. The Labute approximate surface area is 236 Å². The van der Waals surface area contributed by atoms with E-state index in [1.807, 2.05) is 65.8 Å². The second-order valence-corrected chi connectivity index (χ2v) is 12.9. The number of Topliss-reactive ketones (excluding diaryl/α,β-unsaturated/α-hetero) is 1. The Morgan fingerprint density at radius 2 is 1.21 bits per heavy atom. The summed E-state index contributed by atoms with van der Waals surface area (Å²) in [6.45, 7) is 15.8. The summed E-state index contributed by atoms with van der Waals surface area (Å²) in [5, 5.41) is 0.867. The first-order chi connectivity index (χ1) is 17.5. The van der Waals surface area contributed by atoms with Gasteiger partial charge in [0.05, 0.1) is 15.6 Å². The van der Waals surface area contributed by atoms with Crippen molar-refractivity contribution in [2.24, 2.45) is 5.41 Å². The largest absolute Gasteiger partial charge is 0.487 e. The second kappa shape index (κ2) is 11.1. The minimum absolute atomic E-state index is 0.138. The van der Waals surface area contributed by atoms with E-state index in [4.69, 9.17) is 32.7 Å². The fraction of sp³-hybridized carbons (Fsp3) is 0.375. The summed E-state index contributed by atoms with van der Waals surface area (Å²) in [6, 6.07) is 18.1. The van der Waals surface area contributed by atoms with E-state index < -0.39 is 16.8 Å². The van der Waals surface area contributed by atoms with Crippen molar-refractivity contribution >= 4 is 35.0 Å². The number of carbonyl (C=O) groups excluding carboxylic acids is 2. The number of carbonyl (C=O) groups is 2. The zero-order chi connectivity index (χ0) is 28.5. The van der Waals surface area contributed by atoms with E-state index in [2.05, 4.69) is 13.8 Å². The molecular formula is C32H36Cl2O4. The van der Waals surface area contributed by atoms with Crippen molar-refractivity contribution < 1.29 is 19.1 Å². The molecule has 0 aromatic heterocycles. The highest BCUT2D eigenvalue weighted by atomic mass is 35.5. The van der Waals surface area contributed by atoms with Gasteiger partial charge in [0.1, 0.15) is 22.9 Å². The highest BCUT2D eigenvalue weighted by molar-refractivity contribution is 6.32. The lowest BCUT2D eigenvalue weighted by atomic mass is 9.78. The fourth-order valence-corrected chi connectivity index (χ4v) is 4.25. The van der Waals surface area contributed by atoms with Gasteiger partial charge >= 0.3 is 5.97 Å². The maximum Gasteiger partial charge on any atom is 0.343 e. The number of hydrogen-bond donors (Lipinski definition) is 0. The molecule has 0 unspecified atom stereocenters. The van der Waals surface area contributed by atoms with Crippen LogP contribution < -0.4 is 9.47 Å². The van der Waals surface area contributed by atoms with Gasteiger partial charge in [-0.05, 0) is 73.9 Å². The van der Waals surface area contributed by atoms with Crippen LogP contribution in [0.1, 0.15) is 82.4 Å². The number of esters is 1. The summed E-state index contributed by atoms with van der Waals surface area (Å²) in [5.41, 5.74) is 1.98. The highest BCUT2D eigenvalue weighted by Gasteiger charge is 2.26. The SMILES string of the molecule is CC(C)(C)Oc1ccc(C(C)(C)c2ccc(OC(=O)c3ccc(CC(=O)C(C)(C)C)cc3)c(Cl)c2)cc1Cl. The molecule has 0 bridgehead atoms.